The van der Waals surface area contributed by atoms with E-state index in [1.807, 2.05) is 12.1 Å². The van der Waals surface area contributed by atoms with Crippen molar-refractivity contribution >= 4 is 11.5 Å². The Labute approximate surface area is 201 Å². The quantitative estimate of drug-likeness (QED) is 0.555. The summed E-state index contributed by atoms with van der Waals surface area (Å²) in [5.41, 5.74) is 0.489. The summed E-state index contributed by atoms with van der Waals surface area (Å²) in [6.07, 6.45) is 10.8. The molecule has 3 heterocycles. The first-order valence-electron chi connectivity index (χ1n) is 12.4. The molecule has 0 atom stereocenters. The van der Waals surface area contributed by atoms with Crippen LogP contribution in [0.1, 0.15) is 51.6 Å². The van der Waals surface area contributed by atoms with Gasteiger partial charge in [-0.25, -0.2) is 8.78 Å². The molecule has 0 bridgehead atoms. The number of hydrogen-bond donors (Lipinski definition) is 0. The zero-order chi connectivity index (χ0) is 24.1. The summed E-state index contributed by atoms with van der Waals surface area (Å²) in [7, 11) is 0. The second-order valence-electron chi connectivity index (χ2n) is 10.1. The lowest BCUT2D eigenvalue weighted by Gasteiger charge is -2.34. The van der Waals surface area contributed by atoms with Gasteiger partial charge in [-0.1, -0.05) is 12.2 Å². The van der Waals surface area contributed by atoms with Gasteiger partial charge < -0.3 is 14.5 Å². The molecule has 0 radical (unpaired) electrons. The predicted octanol–water partition coefficient (Wildman–Crippen LogP) is 5.11. The monoisotopic (exact) mass is 471 g/mol. The Balaban J connectivity index is 1.28. The Bertz CT molecular complexity index is 949. The molecule has 5 nitrogen and oxygen atoms in total. The van der Waals surface area contributed by atoms with Gasteiger partial charge >= 0.3 is 0 Å². The van der Waals surface area contributed by atoms with E-state index in [2.05, 4.69) is 9.88 Å². The number of carbonyl (C=O) groups is 1. The number of alkyl halides is 1. The summed E-state index contributed by atoms with van der Waals surface area (Å²) in [5.74, 6) is 0.524. The Morgan fingerprint density at radius 1 is 1.15 bits per heavy atom. The van der Waals surface area contributed by atoms with Crippen molar-refractivity contribution in [2.75, 3.05) is 39.3 Å². The molecule has 1 amide bonds. The molecule has 3 aliphatic rings. The van der Waals surface area contributed by atoms with E-state index in [9.17, 15) is 13.6 Å². The van der Waals surface area contributed by atoms with Gasteiger partial charge in [-0.05, 0) is 82.3 Å². The van der Waals surface area contributed by atoms with Crippen LogP contribution >= 0.6 is 0 Å². The van der Waals surface area contributed by atoms with Crippen molar-refractivity contribution in [2.45, 2.75) is 51.6 Å². The fourth-order valence-electron chi connectivity index (χ4n) is 4.80. The number of likely N-dealkylation sites (tertiary alicyclic amines) is 2. The van der Waals surface area contributed by atoms with Gasteiger partial charge in [0.1, 0.15) is 17.2 Å². The maximum Gasteiger partial charge on any atom is 0.256 e. The van der Waals surface area contributed by atoms with Crippen LogP contribution in [0.25, 0.3) is 5.57 Å². The molecule has 2 saturated heterocycles. The summed E-state index contributed by atoms with van der Waals surface area (Å²) in [6, 6.07) is 3.74. The number of hydrogen-bond acceptors (Lipinski definition) is 4. The van der Waals surface area contributed by atoms with Crippen LogP contribution in [0.2, 0.25) is 0 Å². The number of piperidine rings is 1. The molecule has 184 valence electrons. The fourth-order valence-corrected chi connectivity index (χ4v) is 4.80. The number of amides is 1. The highest BCUT2D eigenvalue weighted by molar-refractivity contribution is 5.98. The van der Waals surface area contributed by atoms with Crippen LogP contribution in [0.3, 0.4) is 0 Å². The van der Waals surface area contributed by atoms with E-state index in [0.29, 0.717) is 43.6 Å². The first-order valence-corrected chi connectivity index (χ1v) is 12.4. The maximum atomic E-state index is 14.6. The summed E-state index contributed by atoms with van der Waals surface area (Å²) >= 11 is 0. The number of aromatic nitrogens is 1. The number of halogens is 2. The van der Waals surface area contributed by atoms with Crippen LogP contribution in [0.15, 0.2) is 48.0 Å². The molecular formula is C27H35F2N3O2. The molecular weight excluding hydrogens is 436 g/mol. The van der Waals surface area contributed by atoms with Crippen molar-refractivity contribution in [2.24, 2.45) is 5.92 Å². The van der Waals surface area contributed by atoms with Crippen molar-refractivity contribution in [3.63, 3.8) is 0 Å². The van der Waals surface area contributed by atoms with Gasteiger partial charge in [-0.2, -0.15) is 0 Å². The summed E-state index contributed by atoms with van der Waals surface area (Å²) in [4.78, 5) is 21.0. The standard InChI is InChI=1S/C27H35F2N3O2/c1-27(2,29)19-31-15-11-20(12-16-31)18-34-22-7-10-25(30-17-22)21-5-8-23(24(28)9-6-21)26(33)32-13-3-4-14-32/h5-8,10,17,20H,3-4,9,11-16,18-19H2,1-2H3. The third kappa shape index (κ3) is 6.53. The van der Waals surface area contributed by atoms with E-state index in [1.165, 1.54) is 0 Å². The third-order valence-electron chi connectivity index (χ3n) is 6.67. The molecule has 0 N–H and O–H groups in total. The number of allylic oxidation sites excluding steroid dienone is 4. The van der Waals surface area contributed by atoms with Crippen molar-refractivity contribution in [1.82, 2.24) is 14.8 Å². The van der Waals surface area contributed by atoms with Crippen LogP contribution in [-0.2, 0) is 4.79 Å². The highest BCUT2D eigenvalue weighted by Crippen LogP contribution is 2.27. The van der Waals surface area contributed by atoms with Crippen LogP contribution in [0, 0.1) is 5.92 Å². The van der Waals surface area contributed by atoms with Crippen LogP contribution < -0.4 is 4.74 Å². The van der Waals surface area contributed by atoms with E-state index in [4.69, 9.17) is 4.74 Å². The number of rotatable bonds is 7. The average molecular weight is 472 g/mol. The molecule has 0 unspecified atom stereocenters. The minimum absolute atomic E-state index is 0.0788. The number of pyridine rings is 1. The van der Waals surface area contributed by atoms with Crippen LogP contribution in [0.4, 0.5) is 8.78 Å². The molecule has 1 aromatic heterocycles. The van der Waals surface area contributed by atoms with Gasteiger partial charge in [0, 0.05) is 26.1 Å². The SMILES string of the molecule is CC(C)(F)CN1CCC(COc2ccc(C3=CCC(F)=C(C(=O)N4CCCC4)C=C3)nc2)CC1. The molecule has 0 saturated carbocycles. The molecule has 2 aliphatic heterocycles. The smallest absolute Gasteiger partial charge is 0.256 e. The Morgan fingerprint density at radius 3 is 2.53 bits per heavy atom. The van der Waals surface area contributed by atoms with Crippen molar-refractivity contribution in [3.05, 3.63) is 53.7 Å². The van der Waals surface area contributed by atoms with E-state index in [0.717, 1.165) is 44.3 Å². The van der Waals surface area contributed by atoms with Crippen molar-refractivity contribution in [3.8, 4) is 5.75 Å². The predicted molar refractivity (Wildman–Crippen MR) is 130 cm³/mol. The second kappa shape index (κ2) is 10.8. The van der Waals surface area contributed by atoms with E-state index in [1.54, 1.807) is 43.2 Å². The lowest BCUT2D eigenvalue weighted by atomic mass is 9.97. The van der Waals surface area contributed by atoms with Gasteiger partial charge in [-0.15, -0.1) is 0 Å². The molecule has 7 heteroatoms. The van der Waals surface area contributed by atoms with Crippen LogP contribution in [-0.4, -0.2) is 65.7 Å². The van der Waals surface area contributed by atoms with Crippen molar-refractivity contribution < 1.29 is 18.3 Å². The zero-order valence-electron chi connectivity index (χ0n) is 20.2. The molecule has 1 aliphatic carbocycles. The van der Waals surface area contributed by atoms with E-state index >= 15 is 0 Å². The molecule has 0 aromatic carbocycles. The highest BCUT2D eigenvalue weighted by atomic mass is 19.1. The molecule has 0 spiro atoms. The Hall–Kier alpha value is -2.54. The van der Waals surface area contributed by atoms with Gasteiger partial charge in [0.15, 0.2) is 0 Å². The van der Waals surface area contributed by atoms with Crippen molar-refractivity contribution in [1.29, 1.82) is 0 Å². The summed E-state index contributed by atoms with van der Waals surface area (Å²) < 4.78 is 34.4. The first-order chi connectivity index (χ1) is 16.3. The molecule has 1 aromatic rings. The largest absolute Gasteiger partial charge is 0.492 e. The lowest BCUT2D eigenvalue weighted by molar-refractivity contribution is -0.125. The van der Waals surface area contributed by atoms with Crippen LogP contribution in [0.5, 0.6) is 5.75 Å². The summed E-state index contributed by atoms with van der Waals surface area (Å²) in [5, 5.41) is 0. The van der Waals surface area contributed by atoms with E-state index < -0.39 is 11.5 Å². The number of carbonyl (C=O) groups excluding carboxylic acids is 1. The number of ether oxygens (including phenoxy) is 1. The minimum atomic E-state index is -1.16. The van der Waals surface area contributed by atoms with Gasteiger partial charge in [-0.3, -0.25) is 9.78 Å². The first kappa shape index (κ1) is 24.6. The normalized spacial score (nSPS) is 20.5. The molecule has 4 rings (SSSR count). The molecule has 34 heavy (non-hydrogen) atoms. The topological polar surface area (TPSA) is 45.7 Å². The Kier molecular flexibility index (Phi) is 7.81. The van der Waals surface area contributed by atoms with Gasteiger partial charge in [0.05, 0.1) is 24.1 Å². The van der Waals surface area contributed by atoms with E-state index in [-0.39, 0.29) is 17.9 Å². The Morgan fingerprint density at radius 2 is 1.88 bits per heavy atom. The average Bonchev–Trinajstić information content (AvgIpc) is 3.28. The van der Waals surface area contributed by atoms with Gasteiger partial charge in [0.25, 0.3) is 5.91 Å². The third-order valence-corrected chi connectivity index (χ3v) is 6.67. The lowest BCUT2D eigenvalue weighted by Crippen LogP contribution is -2.41. The maximum absolute atomic E-state index is 14.6. The fraction of sp³-hybridized carbons (Fsp3) is 0.556. The zero-order valence-corrected chi connectivity index (χ0v) is 20.2. The second-order valence-corrected chi connectivity index (χ2v) is 10.1. The van der Waals surface area contributed by atoms with Gasteiger partial charge in [0.2, 0.25) is 0 Å². The molecule has 2 fully saturated rings. The summed E-state index contributed by atoms with van der Waals surface area (Å²) in [6.45, 7) is 7.53. The number of nitrogens with zero attached hydrogens (tertiary/aromatic N) is 3. The minimum Gasteiger partial charge on any atom is -0.492 e. The highest BCUT2D eigenvalue weighted by Gasteiger charge is 2.26.